The SMILES string of the molecule is CCCCC(N)C(CC(=O)OCc1ccccc1)C(=O)OC. The van der Waals surface area contributed by atoms with Crippen molar-refractivity contribution in [3.63, 3.8) is 0 Å². The molecule has 5 nitrogen and oxygen atoms in total. The second-order valence-electron chi connectivity index (χ2n) is 5.29. The van der Waals surface area contributed by atoms with Gasteiger partial charge in [-0.25, -0.2) is 0 Å². The fraction of sp³-hybridized carbons (Fsp3) is 0.529. The quantitative estimate of drug-likeness (QED) is 0.709. The summed E-state index contributed by atoms with van der Waals surface area (Å²) < 4.78 is 9.96. The molecule has 0 saturated carbocycles. The first-order chi connectivity index (χ1) is 10.6. The minimum atomic E-state index is -0.653. The average Bonchev–Trinajstić information content (AvgIpc) is 2.55. The van der Waals surface area contributed by atoms with Crippen LogP contribution in [-0.2, 0) is 25.7 Å². The Kier molecular flexibility index (Phi) is 8.22. The van der Waals surface area contributed by atoms with Crippen molar-refractivity contribution in [2.24, 2.45) is 11.7 Å². The highest BCUT2D eigenvalue weighted by molar-refractivity contribution is 5.80. The lowest BCUT2D eigenvalue weighted by atomic mass is 9.93. The largest absolute Gasteiger partial charge is 0.469 e. The predicted molar refractivity (Wildman–Crippen MR) is 83.9 cm³/mol. The van der Waals surface area contributed by atoms with Crippen LogP contribution in [0.2, 0.25) is 0 Å². The van der Waals surface area contributed by atoms with Gasteiger partial charge in [-0.15, -0.1) is 0 Å². The van der Waals surface area contributed by atoms with Crippen molar-refractivity contribution in [3.8, 4) is 0 Å². The fourth-order valence-electron chi connectivity index (χ4n) is 2.18. The van der Waals surface area contributed by atoms with Crippen LogP contribution >= 0.6 is 0 Å². The van der Waals surface area contributed by atoms with Crippen molar-refractivity contribution in [2.45, 2.75) is 45.3 Å². The summed E-state index contributed by atoms with van der Waals surface area (Å²) in [4.78, 5) is 23.8. The van der Waals surface area contributed by atoms with Gasteiger partial charge in [0, 0.05) is 6.04 Å². The van der Waals surface area contributed by atoms with Crippen molar-refractivity contribution < 1.29 is 19.1 Å². The molecule has 2 N–H and O–H groups in total. The molecule has 0 aliphatic carbocycles. The number of hydrogen-bond donors (Lipinski definition) is 1. The number of carbonyl (C=O) groups excluding carboxylic acids is 2. The fourth-order valence-corrected chi connectivity index (χ4v) is 2.18. The van der Waals surface area contributed by atoms with Crippen LogP contribution < -0.4 is 5.73 Å². The van der Waals surface area contributed by atoms with Gasteiger partial charge in [-0.3, -0.25) is 9.59 Å². The Labute approximate surface area is 131 Å². The van der Waals surface area contributed by atoms with Crippen molar-refractivity contribution >= 4 is 11.9 Å². The van der Waals surface area contributed by atoms with Crippen LogP contribution in [0.4, 0.5) is 0 Å². The molecule has 5 heteroatoms. The van der Waals surface area contributed by atoms with E-state index in [2.05, 4.69) is 0 Å². The summed E-state index contributed by atoms with van der Waals surface area (Å²) in [5.74, 6) is -1.55. The number of benzene rings is 1. The first-order valence-electron chi connectivity index (χ1n) is 7.61. The molecule has 1 aromatic rings. The molecule has 2 unspecified atom stereocenters. The molecule has 0 amide bonds. The first kappa shape index (κ1) is 18.2. The van der Waals surface area contributed by atoms with Crippen LogP contribution in [0.1, 0.15) is 38.2 Å². The van der Waals surface area contributed by atoms with Gasteiger partial charge in [0.1, 0.15) is 6.61 Å². The van der Waals surface area contributed by atoms with Crippen molar-refractivity contribution in [1.29, 1.82) is 0 Å². The lowest BCUT2D eigenvalue weighted by molar-refractivity contribution is -0.154. The highest BCUT2D eigenvalue weighted by atomic mass is 16.5. The van der Waals surface area contributed by atoms with Gasteiger partial charge in [-0.2, -0.15) is 0 Å². The number of esters is 2. The van der Waals surface area contributed by atoms with E-state index in [1.807, 2.05) is 37.3 Å². The Morgan fingerprint density at radius 3 is 2.50 bits per heavy atom. The number of carbonyl (C=O) groups is 2. The minimum Gasteiger partial charge on any atom is -0.469 e. The third-order valence-electron chi connectivity index (χ3n) is 3.54. The molecular formula is C17H25NO4. The molecule has 122 valence electrons. The van der Waals surface area contributed by atoms with E-state index in [0.29, 0.717) is 6.42 Å². The Balaban J connectivity index is 2.53. The zero-order valence-electron chi connectivity index (χ0n) is 13.3. The van der Waals surface area contributed by atoms with Gasteiger partial charge < -0.3 is 15.2 Å². The summed E-state index contributed by atoms with van der Waals surface area (Å²) in [6.07, 6.45) is 2.53. The molecule has 0 spiro atoms. The molecule has 0 fully saturated rings. The van der Waals surface area contributed by atoms with Crippen LogP contribution in [-0.4, -0.2) is 25.1 Å². The van der Waals surface area contributed by atoms with E-state index < -0.39 is 23.9 Å². The highest BCUT2D eigenvalue weighted by Gasteiger charge is 2.29. The normalized spacial score (nSPS) is 13.2. The van der Waals surface area contributed by atoms with E-state index in [9.17, 15) is 9.59 Å². The van der Waals surface area contributed by atoms with Crippen LogP contribution in [0.25, 0.3) is 0 Å². The molecule has 1 rings (SSSR count). The standard InChI is InChI=1S/C17H25NO4/c1-3-4-10-15(18)14(17(20)21-2)11-16(19)22-12-13-8-6-5-7-9-13/h5-9,14-15H,3-4,10-12,18H2,1-2H3. The second-order valence-corrected chi connectivity index (χ2v) is 5.29. The summed E-state index contributed by atoms with van der Waals surface area (Å²) in [5, 5.41) is 0. The maximum Gasteiger partial charge on any atom is 0.310 e. The predicted octanol–water partition coefficient (Wildman–Crippen LogP) is 2.43. The van der Waals surface area contributed by atoms with Gasteiger partial charge in [0.25, 0.3) is 0 Å². The number of ether oxygens (including phenoxy) is 2. The third kappa shape index (κ3) is 6.26. The van der Waals surface area contributed by atoms with Crippen LogP contribution in [0.3, 0.4) is 0 Å². The Morgan fingerprint density at radius 1 is 1.23 bits per heavy atom. The molecule has 0 radical (unpaired) electrons. The number of hydrogen-bond acceptors (Lipinski definition) is 5. The third-order valence-corrected chi connectivity index (χ3v) is 3.54. The van der Waals surface area contributed by atoms with Gasteiger partial charge in [-0.1, -0.05) is 50.1 Å². The van der Waals surface area contributed by atoms with E-state index in [-0.39, 0.29) is 13.0 Å². The molecule has 1 aromatic carbocycles. The summed E-state index contributed by atoms with van der Waals surface area (Å²) >= 11 is 0. The van der Waals surface area contributed by atoms with Crippen LogP contribution in [0, 0.1) is 5.92 Å². The van der Waals surface area contributed by atoms with Gasteiger partial charge >= 0.3 is 11.9 Å². The zero-order valence-corrected chi connectivity index (χ0v) is 13.3. The zero-order chi connectivity index (χ0) is 16.4. The Morgan fingerprint density at radius 2 is 1.91 bits per heavy atom. The Bertz CT molecular complexity index is 461. The monoisotopic (exact) mass is 307 g/mol. The molecule has 0 aromatic heterocycles. The first-order valence-corrected chi connectivity index (χ1v) is 7.61. The summed E-state index contributed by atoms with van der Waals surface area (Å²) in [5.41, 5.74) is 6.93. The maximum absolute atomic E-state index is 11.9. The maximum atomic E-state index is 11.9. The molecule has 0 aliphatic rings. The number of methoxy groups -OCH3 is 1. The molecule has 22 heavy (non-hydrogen) atoms. The lowest BCUT2D eigenvalue weighted by Crippen LogP contribution is -2.38. The van der Waals surface area contributed by atoms with Crippen molar-refractivity contribution in [2.75, 3.05) is 7.11 Å². The van der Waals surface area contributed by atoms with E-state index in [0.717, 1.165) is 18.4 Å². The number of unbranched alkanes of at least 4 members (excludes halogenated alkanes) is 1. The molecule has 0 aliphatic heterocycles. The van der Waals surface area contributed by atoms with Crippen molar-refractivity contribution in [3.05, 3.63) is 35.9 Å². The molecule has 0 heterocycles. The van der Waals surface area contributed by atoms with Crippen LogP contribution in [0.5, 0.6) is 0 Å². The second kappa shape index (κ2) is 9.95. The number of nitrogens with two attached hydrogens (primary N) is 1. The van der Waals surface area contributed by atoms with E-state index >= 15 is 0 Å². The summed E-state index contributed by atoms with van der Waals surface area (Å²) in [6, 6.07) is 9.00. The highest BCUT2D eigenvalue weighted by Crippen LogP contribution is 2.16. The molecule has 0 saturated heterocycles. The lowest BCUT2D eigenvalue weighted by Gasteiger charge is -2.20. The number of rotatable bonds is 9. The van der Waals surface area contributed by atoms with Gasteiger partial charge in [0.15, 0.2) is 0 Å². The smallest absolute Gasteiger partial charge is 0.310 e. The van der Waals surface area contributed by atoms with Gasteiger partial charge in [-0.05, 0) is 12.0 Å². The van der Waals surface area contributed by atoms with E-state index in [4.69, 9.17) is 15.2 Å². The Hall–Kier alpha value is -1.88. The summed E-state index contributed by atoms with van der Waals surface area (Å²) in [6.45, 7) is 2.24. The van der Waals surface area contributed by atoms with Crippen LogP contribution in [0.15, 0.2) is 30.3 Å². The average molecular weight is 307 g/mol. The van der Waals surface area contributed by atoms with E-state index in [1.54, 1.807) is 0 Å². The topological polar surface area (TPSA) is 78.6 Å². The minimum absolute atomic E-state index is 0.0512. The van der Waals surface area contributed by atoms with Gasteiger partial charge in [0.2, 0.25) is 0 Å². The van der Waals surface area contributed by atoms with E-state index in [1.165, 1.54) is 7.11 Å². The van der Waals surface area contributed by atoms with Gasteiger partial charge in [0.05, 0.1) is 19.4 Å². The van der Waals surface area contributed by atoms with Crippen molar-refractivity contribution in [1.82, 2.24) is 0 Å². The molecule has 0 bridgehead atoms. The molecule has 2 atom stereocenters. The summed E-state index contributed by atoms with van der Waals surface area (Å²) in [7, 11) is 1.30. The molecular weight excluding hydrogens is 282 g/mol.